The molecule has 0 aliphatic heterocycles. The first-order chi connectivity index (χ1) is 23.7. The minimum atomic E-state index is -4.20. The second-order valence-electron chi connectivity index (χ2n) is 12.9. The maximum absolute atomic E-state index is 15.1. The summed E-state index contributed by atoms with van der Waals surface area (Å²) < 4.78 is 71.4. The van der Waals surface area contributed by atoms with Gasteiger partial charge in [0.2, 0.25) is 0 Å². The van der Waals surface area contributed by atoms with Gasteiger partial charge in [0.15, 0.2) is 17.3 Å². The summed E-state index contributed by atoms with van der Waals surface area (Å²) in [6.45, 7) is 14.8. The van der Waals surface area contributed by atoms with Gasteiger partial charge in [0.05, 0.1) is 24.4 Å². The van der Waals surface area contributed by atoms with Crippen molar-refractivity contribution >= 4 is 48.4 Å². The third kappa shape index (κ3) is 11.6. The highest BCUT2D eigenvalue weighted by molar-refractivity contribution is 7.48. The molecule has 3 aromatic rings. The Morgan fingerprint density at radius 1 is 1.02 bits per heavy atom. The Kier molecular flexibility index (Phi) is 13.5. The lowest BCUT2D eigenvalue weighted by molar-refractivity contribution is -0.120. The van der Waals surface area contributed by atoms with E-state index in [-0.39, 0.29) is 51.6 Å². The number of nitrogens with one attached hydrogen (secondary N) is 1. The van der Waals surface area contributed by atoms with Gasteiger partial charge in [-0.1, -0.05) is 18.2 Å². The van der Waals surface area contributed by atoms with Crippen LogP contribution in [0.25, 0.3) is 0 Å². The smallest absolute Gasteiger partial charge is 0.476 e. The van der Waals surface area contributed by atoms with Gasteiger partial charge >= 0.3 is 7.82 Å². The predicted octanol–water partition coefficient (Wildman–Crippen LogP) is 8.72. The van der Waals surface area contributed by atoms with Crippen LogP contribution in [-0.4, -0.2) is 41.7 Å². The molecule has 51 heavy (non-hydrogen) atoms. The van der Waals surface area contributed by atoms with Crippen molar-refractivity contribution in [3.63, 3.8) is 0 Å². The number of nitrogens with two attached hydrogens (primary N) is 1. The molecule has 0 spiro atoms. The Morgan fingerprint density at radius 3 is 2.24 bits per heavy atom. The maximum Gasteiger partial charge on any atom is 0.476 e. The van der Waals surface area contributed by atoms with Gasteiger partial charge in [0, 0.05) is 42.3 Å². The first-order valence-corrected chi connectivity index (χ1v) is 17.4. The number of likely N-dealkylation sites (N-methyl/N-ethyl adjacent to an activating group) is 1. The van der Waals surface area contributed by atoms with E-state index in [4.69, 9.17) is 40.4 Å². The van der Waals surface area contributed by atoms with Gasteiger partial charge in [0.1, 0.15) is 28.0 Å². The molecule has 3 rings (SSSR count). The van der Waals surface area contributed by atoms with E-state index in [2.05, 4.69) is 16.9 Å². The summed E-state index contributed by atoms with van der Waals surface area (Å²) in [6.07, 6.45) is 2.52. The lowest BCUT2D eigenvalue weighted by atomic mass is 10.1. The standard InChI is InChI=1S/C35H42ClF2N4O8P/c1-10-26(46-11-2)29(32(43)41-22-12-15-27(25(38)19-22)48-28-16-17-40-31(39)30(28)36)33(44)42(9)23-13-14-24(37)21(18-23)20-47-51(45,49-34(3,4)5)50-35(6,7)8/h10,12-19H,1,11,20H2,2-9H3,(H2,39,40)(H,41,43)/b29-26+. The van der Waals surface area contributed by atoms with E-state index in [9.17, 15) is 14.2 Å². The Morgan fingerprint density at radius 2 is 1.67 bits per heavy atom. The zero-order valence-corrected chi connectivity index (χ0v) is 31.3. The first-order valence-electron chi connectivity index (χ1n) is 15.6. The van der Waals surface area contributed by atoms with Gasteiger partial charge in [-0.05, 0) is 84.9 Å². The molecule has 0 unspecified atom stereocenters. The number of halogens is 3. The molecule has 12 nitrogen and oxygen atoms in total. The number of aromatic nitrogens is 1. The number of hydrogen-bond donors (Lipinski definition) is 2. The van der Waals surface area contributed by atoms with Crippen molar-refractivity contribution in [2.24, 2.45) is 0 Å². The molecular weight excluding hydrogens is 709 g/mol. The number of nitrogen functional groups attached to an aromatic ring is 1. The summed E-state index contributed by atoms with van der Waals surface area (Å²) >= 11 is 6.09. The van der Waals surface area contributed by atoms with Crippen LogP contribution in [0.1, 0.15) is 54.0 Å². The van der Waals surface area contributed by atoms with E-state index in [0.717, 1.165) is 17.0 Å². The van der Waals surface area contributed by atoms with Crippen molar-refractivity contribution in [2.45, 2.75) is 66.3 Å². The van der Waals surface area contributed by atoms with Crippen LogP contribution in [0, 0.1) is 11.6 Å². The van der Waals surface area contributed by atoms with Gasteiger partial charge in [-0.15, -0.1) is 0 Å². The number of ether oxygens (including phenoxy) is 2. The SMILES string of the molecule is C=C/C(OCC)=C(/C(=O)Nc1ccc(Oc2ccnc(N)c2Cl)c(F)c1)C(=O)N(C)c1ccc(F)c(COP(=O)(OC(C)(C)C)OC(C)(C)C)c1. The number of carbonyl (C=O) groups is 2. The molecule has 0 saturated heterocycles. The first kappa shape index (κ1) is 41.1. The fourth-order valence-electron chi connectivity index (χ4n) is 4.25. The monoisotopic (exact) mass is 750 g/mol. The molecule has 16 heteroatoms. The second-order valence-corrected chi connectivity index (χ2v) is 14.7. The average molecular weight is 751 g/mol. The minimum Gasteiger partial charge on any atom is -0.493 e. The molecule has 2 aromatic carbocycles. The molecule has 0 atom stereocenters. The summed E-state index contributed by atoms with van der Waals surface area (Å²) in [7, 11) is -2.86. The minimum absolute atomic E-state index is 0.00728. The fraction of sp³-hybridized carbons (Fsp3) is 0.343. The van der Waals surface area contributed by atoms with E-state index in [1.807, 2.05) is 0 Å². The average Bonchev–Trinajstić information content (AvgIpc) is 3.01. The number of carbonyl (C=O) groups excluding carboxylic acids is 2. The van der Waals surface area contributed by atoms with E-state index in [1.54, 1.807) is 48.5 Å². The summed E-state index contributed by atoms with van der Waals surface area (Å²) in [4.78, 5) is 32.4. The van der Waals surface area contributed by atoms with Crippen LogP contribution in [0.2, 0.25) is 5.02 Å². The topological polar surface area (TPSA) is 152 Å². The number of phosphoric acid groups is 1. The molecular formula is C35H42ClF2N4O8P. The molecule has 1 aromatic heterocycles. The maximum atomic E-state index is 15.1. The molecule has 3 N–H and O–H groups in total. The molecule has 0 radical (unpaired) electrons. The van der Waals surface area contributed by atoms with E-state index < -0.39 is 54.7 Å². The van der Waals surface area contributed by atoms with Crippen molar-refractivity contribution in [2.75, 3.05) is 29.6 Å². The third-order valence-corrected chi connectivity index (χ3v) is 8.70. The van der Waals surface area contributed by atoms with Crippen LogP contribution < -0.4 is 20.7 Å². The van der Waals surface area contributed by atoms with E-state index >= 15 is 8.78 Å². The molecule has 1 heterocycles. The quantitative estimate of drug-likeness (QED) is 0.0409. The van der Waals surface area contributed by atoms with E-state index in [1.165, 1.54) is 49.7 Å². The molecule has 0 aliphatic rings. The van der Waals surface area contributed by atoms with Crippen LogP contribution in [0.15, 0.2) is 72.6 Å². The highest BCUT2D eigenvalue weighted by Gasteiger charge is 2.37. The van der Waals surface area contributed by atoms with Crippen molar-refractivity contribution < 1.29 is 46.0 Å². The zero-order valence-electron chi connectivity index (χ0n) is 29.6. The number of allylic oxidation sites excluding steroid dienone is 1. The number of anilines is 3. The number of pyridine rings is 1. The van der Waals surface area contributed by atoms with Gasteiger partial charge < -0.3 is 25.4 Å². The van der Waals surface area contributed by atoms with Gasteiger partial charge in [-0.3, -0.25) is 23.2 Å². The van der Waals surface area contributed by atoms with Crippen molar-refractivity contribution in [1.82, 2.24) is 4.98 Å². The highest BCUT2D eigenvalue weighted by Crippen LogP contribution is 2.56. The Balaban J connectivity index is 1.89. The largest absolute Gasteiger partial charge is 0.493 e. The molecule has 2 amide bonds. The number of benzene rings is 2. The Labute approximate surface area is 301 Å². The zero-order chi connectivity index (χ0) is 38.3. The summed E-state index contributed by atoms with van der Waals surface area (Å²) in [5.41, 5.74) is 3.37. The van der Waals surface area contributed by atoms with Crippen LogP contribution in [0.5, 0.6) is 11.5 Å². The number of phosphoric ester groups is 1. The Bertz CT molecular complexity index is 1840. The van der Waals surface area contributed by atoms with Gasteiger partial charge in [-0.2, -0.15) is 0 Å². The van der Waals surface area contributed by atoms with Crippen LogP contribution in [0.4, 0.5) is 26.0 Å². The second kappa shape index (κ2) is 16.8. The molecule has 0 saturated carbocycles. The molecule has 0 aliphatic carbocycles. The van der Waals surface area contributed by atoms with Crippen LogP contribution in [0.3, 0.4) is 0 Å². The third-order valence-electron chi connectivity index (χ3n) is 6.33. The highest BCUT2D eigenvalue weighted by atomic mass is 35.5. The molecule has 276 valence electrons. The number of rotatable bonds is 14. The van der Waals surface area contributed by atoms with Gasteiger partial charge in [-0.25, -0.2) is 18.3 Å². The molecule has 0 fully saturated rings. The number of nitrogens with zero attached hydrogens (tertiary/aromatic N) is 2. The number of hydrogen-bond acceptors (Lipinski definition) is 10. The van der Waals surface area contributed by atoms with Gasteiger partial charge in [0.25, 0.3) is 11.8 Å². The Hall–Kier alpha value is -4.33. The van der Waals surface area contributed by atoms with Crippen molar-refractivity contribution in [3.05, 3.63) is 94.9 Å². The normalized spacial score (nSPS) is 12.5. The lowest BCUT2D eigenvalue weighted by Gasteiger charge is -2.31. The van der Waals surface area contributed by atoms with Crippen LogP contribution in [-0.2, 0) is 39.1 Å². The van der Waals surface area contributed by atoms with Crippen molar-refractivity contribution in [1.29, 1.82) is 0 Å². The fourth-order valence-corrected chi connectivity index (χ4v) is 6.18. The summed E-state index contributed by atoms with van der Waals surface area (Å²) in [5, 5.41) is 2.48. The van der Waals surface area contributed by atoms with Crippen molar-refractivity contribution in [3.8, 4) is 11.5 Å². The predicted molar refractivity (Wildman–Crippen MR) is 191 cm³/mol. The van der Waals surface area contributed by atoms with E-state index in [0.29, 0.717) is 0 Å². The summed E-state index contributed by atoms with van der Waals surface area (Å²) in [5.74, 6) is -3.77. The lowest BCUT2D eigenvalue weighted by Crippen LogP contribution is -2.34. The molecule has 0 bridgehead atoms. The number of amides is 2. The summed E-state index contributed by atoms with van der Waals surface area (Å²) in [6, 6.07) is 8.62. The van der Waals surface area contributed by atoms with Crippen LogP contribution >= 0.6 is 19.4 Å².